The first-order chi connectivity index (χ1) is 13.3. The molecule has 2 heterocycles. The van der Waals surface area contributed by atoms with E-state index in [9.17, 15) is 4.79 Å². The second-order valence-corrected chi connectivity index (χ2v) is 8.25. The molecule has 0 bridgehead atoms. The van der Waals surface area contributed by atoms with Crippen molar-refractivity contribution >= 4 is 5.91 Å². The van der Waals surface area contributed by atoms with Crippen LogP contribution in [0.25, 0.3) is 11.3 Å². The molecule has 1 aliphatic heterocycles. The van der Waals surface area contributed by atoms with E-state index < -0.39 is 0 Å². The van der Waals surface area contributed by atoms with Crippen LogP contribution in [0.5, 0.6) is 5.75 Å². The van der Waals surface area contributed by atoms with Crippen molar-refractivity contribution in [3.63, 3.8) is 0 Å². The zero-order chi connectivity index (χ0) is 20.1. The summed E-state index contributed by atoms with van der Waals surface area (Å²) < 4.78 is 5.31. The molecule has 0 saturated heterocycles. The highest BCUT2D eigenvalue weighted by Crippen LogP contribution is 2.46. The van der Waals surface area contributed by atoms with E-state index in [1.54, 1.807) is 7.11 Å². The summed E-state index contributed by atoms with van der Waals surface area (Å²) in [6.07, 6.45) is 0. The number of fused-ring (bicyclic) bond motifs is 1. The molecule has 144 valence electrons. The molecule has 1 aliphatic rings. The number of aromatic nitrogens is 2. The fourth-order valence-electron chi connectivity index (χ4n) is 3.87. The Morgan fingerprint density at radius 1 is 1.04 bits per heavy atom. The number of methoxy groups -OCH3 is 1. The first-order valence-electron chi connectivity index (χ1n) is 9.44. The molecular weight excluding hydrogens is 350 g/mol. The van der Waals surface area contributed by atoms with Crippen LogP contribution >= 0.6 is 0 Å². The van der Waals surface area contributed by atoms with Gasteiger partial charge in [0.25, 0.3) is 5.91 Å². The molecule has 0 fully saturated rings. The zero-order valence-corrected chi connectivity index (χ0v) is 16.9. The number of nitrogens with zero attached hydrogens (tertiary/aromatic N) is 2. The van der Waals surface area contributed by atoms with Crippen molar-refractivity contribution in [2.45, 2.75) is 39.3 Å². The van der Waals surface area contributed by atoms with Gasteiger partial charge in [0.2, 0.25) is 0 Å². The van der Waals surface area contributed by atoms with Crippen LogP contribution in [0.1, 0.15) is 54.0 Å². The number of hydrogen-bond acceptors (Lipinski definition) is 3. The second kappa shape index (κ2) is 6.51. The maximum absolute atomic E-state index is 13.3. The van der Waals surface area contributed by atoms with Crippen LogP contribution in [-0.2, 0) is 0 Å². The Labute approximate surface area is 165 Å². The normalized spacial score (nSPS) is 16.4. The molecule has 3 aromatic rings. The lowest BCUT2D eigenvalue weighted by Crippen LogP contribution is -2.44. The van der Waals surface area contributed by atoms with E-state index >= 15 is 0 Å². The van der Waals surface area contributed by atoms with E-state index in [2.05, 4.69) is 62.2 Å². The molecule has 1 aromatic heterocycles. The van der Waals surface area contributed by atoms with Crippen LogP contribution in [-0.4, -0.2) is 33.7 Å². The van der Waals surface area contributed by atoms with E-state index in [4.69, 9.17) is 4.74 Å². The predicted octanol–water partition coefficient (Wildman–Crippen LogP) is 4.74. The van der Waals surface area contributed by atoms with Gasteiger partial charge in [-0.15, -0.1) is 0 Å². The fraction of sp³-hybridized carbons (Fsp3) is 0.304. The average molecular weight is 375 g/mol. The van der Waals surface area contributed by atoms with Crippen LogP contribution in [0.15, 0.2) is 48.5 Å². The largest absolute Gasteiger partial charge is 0.497 e. The monoisotopic (exact) mass is 375 g/mol. The zero-order valence-electron chi connectivity index (χ0n) is 16.9. The van der Waals surface area contributed by atoms with Gasteiger partial charge in [-0.1, -0.05) is 42.0 Å². The SMILES string of the molecule is COc1ccc(C2c3c(-c4ccc(C)cc4)n[nH]c3C(=O)N2C(C)(C)C)cc1. The number of amides is 1. The van der Waals surface area contributed by atoms with Crippen molar-refractivity contribution in [2.75, 3.05) is 7.11 Å². The highest BCUT2D eigenvalue weighted by Gasteiger charge is 2.46. The third-order valence-electron chi connectivity index (χ3n) is 5.25. The number of H-pyrrole nitrogens is 1. The van der Waals surface area contributed by atoms with Gasteiger partial charge in [0.05, 0.1) is 18.8 Å². The predicted molar refractivity (Wildman–Crippen MR) is 110 cm³/mol. The average Bonchev–Trinajstić information content (AvgIpc) is 3.21. The summed E-state index contributed by atoms with van der Waals surface area (Å²) in [5.41, 5.74) is 5.24. The molecule has 5 nitrogen and oxygen atoms in total. The van der Waals surface area contributed by atoms with E-state index in [0.717, 1.165) is 28.1 Å². The Morgan fingerprint density at radius 3 is 2.25 bits per heavy atom. The molecule has 1 atom stereocenters. The summed E-state index contributed by atoms with van der Waals surface area (Å²) in [5.74, 6) is 0.774. The van der Waals surface area contributed by atoms with Gasteiger partial charge in [0.1, 0.15) is 11.4 Å². The van der Waals surface area contributed by atoms with Crippen LogP contribution in [0, 0.1) is 6.92 Å². The van der Waals surface area contributed by atoms with E-state index in [1.165, 1.54) is 5.56 Å². The van der Waals surface area contributed by atoms with Crippen molar-refractivity contribution in [3.8, 4) is 17.0 Å². The van der Waals surface area contributed by atoms with Gasteiger partial charge < -0.3 is 9.64 Å². The van der Waals surface area contributed by atoms with Gasteiger partial charge in [-0.05, 0) is 45.4 Å². The molecule has 0 saturated carbocycles. The van der Waals surface area contributed by atoms with Crippen LogP contribution in [0.3, 0.4) is 0 Å². The van der Waals surface area contributed by atoms with Gasteiger partial charge in [-0.3, -0.25) is 9.89 Å². The summed E-state index contributed by atoms with van der Waals surface area (Å²) in [4.78, 5) is 15.2. The molecule has 5 heteroatoms. The maximum Gasteiger partial charge on any atom is 0.273 e. The third-order valence-corrected chi connectivity index (χ3v) is 5.25. The standard InChI is InChI=1S/C23H25N3O2/c1-14-6-8-15(9-7-14)19-18-20(25-24-19)22(27)26(23(2,3)4)21(18)16-10-12-17(28-5)13-11-16/h6-13,21H,1-5H3,(H,24,25). The summed E-state index contributed by atoms with van der Waals surface area (Å²) in [6.45, 7) is 8.24. The Hall–Kier alpha value is -3.08. The van der Waals surface area contributed by atoms with Crippen molar-refractivity contribution < 1.29 is 9.53 Å². The molecule has 0 radical (unpaired) electrons. The minimum absolute atomic E-state index is 0.0193. The quantitative estimate of drug-likeness (QED) is 0.719. The number of aryl methyl sites for hydroxylation is 1. The summed E-state index contributed by atoms with van der Waals surface area (Å²) in [7, 11) is 1.65. The van der Waals surface area contributed by atoms with E-state index in [-0.39, 0.29) is 17.5 Å². The Morgan fingerprint density at radius 2 is 1.68 bits per heavy atom. The first kappa shape index (κ1) is 18.3. The van der Waals surface area contributed by atoms with Crippen LogP contribution in [0.4, 0.5) is 0 Å². The van der Waals surface area contributed by atoms with E-state index in [0.29, 0.717) is 5.69 Å². The summed E-state index contributed by atoms with van der Waals surface area (Å²) in [5, 5.41) is 7.52. The third kappa shape index (κ3) is 2.87. The van der Waals surface area contributed by atoms with Crippen molar-refractivity contribution in [1.29, 1.82) is 0 Å². The highest BCUT2D eigenvalue weighted by molar-refractivity contribution is 6.00. The number of rotatable bonds is 3. The Kier molecular flexibility index (Phi) is 4.26. The van der Waals surface area contributed by atoms with Crippen molar-refractivity contribution in [2.24, 2.45) is 0 Å². The molecule has 4 rings (SSSR count). The van der Waals surface area contributed by atoms with Gasteiger partial charge >= 0.3 is 0 Å². The number of nitrogens with one attached hydrogen (secondary N) is 1. The fourth-order valence-corrected chi connectivity index (χ4v) is 3.87. The summed E-state index contributed by atoms with van der Waals surface area (Å²) >= 11 is 0. The number of ether oxygens (including phenoxy) is 1. The number of carbonyl (C=O) groups excluding carboxylic acids is 1. The van der Waals surface area contributed by atoms with Gasteiger partial charge in [-0.2, -0.15) is 5.10 Å². The highest BCUT2D eigenvalue weighted by atomic mass is 16.5. The number of hydrogen-bond donors (Lipinski definition) is 1. The number of benzene rings is 2. The molecule has 1 unspecified atom stereocenters. The lowest BCUT2D eigenvalue weighted by molar-refractivity contribution is 0.0546. The Bertz CT molecular complexity index is 1010. The molecule has 1 N–H and O–H groups in total. The molecule has 28 heavy (non-hydrogen) atoms. The topological polar surface area (TPSA) is 58.2 Å². The maximum atomic E-state index is 13.3. The molecule has 1 amide bonds. The van der Waals surface area contributed by atoms with Gasteiger partial charge in [0.15, 0.2) is 0 Å². The molecule has 0 spiro atoms. The Balaban J connectivity index is 1.90. The number of carbonyl (C=O) groups is 1. The smallest absolute Gasteiger partial charge is 0.273 e. The van der Waals surface area contributed by atoms with Gasteiger partial charge in [0, 0.05) is 16.7 Å². The molecule has 0 aliphatic carbocycles. The van der Waals surface area contributed by atoms with Gasteiger partial charge in [-0.25, -0.2) is 0 Å². The summed E-state index contributed by atoms with van der Waals surface area (Å²) in [6, 6.07) is 16.0. The molecule has 2 aromatic carbocycles. The molecular formula is C23H25N3O2. The minimum atomic E-state index is -0.341. The van der Waals surface area contributed by atoms with Crippen LogP contribution in [0.2, 0.25) is 0 Å². The first-order valence-corrected chi connectivity index (χ1v) is 9.44. The van der Waals surface area contributed by atoms with E-state index in [1.807, 2.05) is 29.2 Å². The lowest BCUT2D eigenvalue weighted by atomic mass is 9.93. The second-order valence-electron chi connectivity index (χ2n) is 8.25. The minimum Gasteiger partial charge on any atom is -0.497 e. The lowest BCUT2D eigenvalue weighted by Gasteiger charge is -2.37. The van der Waals surface area contributed by atoms with Crippen molar-refractivity contribution in [1.82, 2.24) is 15.1 Å². The van der Waals surface area contributed by atoms with Crippen molar-refractivity contribution in [3.05, 3.63) is 70.9 Å². The van der Waals surface area contributed by atoms with Crippen LogP contribution < -0.4 is 4.74 Å². The number of aromatic amines is 1.